The van der Waals surface area contributed by atoms with Gasteiger partial charge in [-0.25, -0.2) is 4.79 Å². The molecule has 0 heterocycles. The summed E-state index contributed by atoms with van der Waals surface area (Å²) >= 11 is 0. The number of aromatic carboxylic acids is 1. The van der Waals surface area contributed by atoms with Crippen LogP contribution in [0.3, 0.4) is 0 Å². The Labute approximate surface area is 149 Å². The lowest BCUT2D eigenvalue weighted by atomic mass is 9.75. The number of hydrogen-bond donors (Lipinski definition) is 3. The number of hydrogen-bond acceptors (Lipinski definition) is 3. The molecule has 1 aromatic rings. The van der Waals surface area contributed by atoms with Crippen LogP contribution in [0.4, 0.5) is 0 Å². The predicted molar refractivity (Wildman–Crippen MR) is 99.4 cm³/mol. The summed E-state index contributed by atoms with van der Waals surface area (Å²) in [6.45, 7) is 8.03. The number of unbranched alkanes of at least 4 members (excludes halogenated alkanes) is 2. The number of phenolic OH excluding ortho intramolecular Hbond substituents is 1. The molecule has 1 aliphatic carbocycles. The van der Waals surface area contributed by atoms with Gasteiger partial charge in [0, 0.05) is 11.5 Å². The van der Waals surface area contributed by atoms with E-state index in [0.29, 0.717) is 17.5 Å². The van der Waals surface area contributed by atoms with Crippen molar-refractivity contribution in [3.63, 3.8) is 0 Å². The average molecular weight is 344 g/mol. The van der Waals surface area contributed by atoms with Crippen molar-refractivity contribution in [1.29, 1.82) is 0 Å². The molecule has 4 heteroatoms. The van der Waals surface area contributed by atoms with Crippen molar-refractivity contribution in [3.8, 4) is 11.5 Å². The molecule has 1 aromatic carbocycles. The maximum absolute atomic E-state index is 11.8. The van der Waals surface area contributed by atoms with Crippen LogP contribution in [-0.2, 0) is 6.42 Å². The van der Waals surface area contributed by atoms with Crippen molar-refractivity contribution in [1.82, 2.24) is 0 Å². The van der Waals surface area contributed by atoms with Gasteiger partial charge in [0.15, 0.2) is 0 Å². The first-order valence-corrected chi connectivity index (χ1v) is 9.01. The third kappa shape index (κ3) is 4.06. The van der Waals surface area contributed by atoms with E-state index < -0.39 is 5.97 Å². The molecule has 0 aromatic heterocycles. The van der Waals surface area contributed by atoms with E-state index in [-0.39, 0.29) is 28.9 Å². The molecule has 4 nitrogen and oxygen atoms in total. The molecule has 0 radical (unpaired) electrons. The number of carboxylic acid groups (broad SMARTS) is 1. The van der Waals surface area contributed by atoms with Gasteiger partial charge in [0.25, 0.3) is 0 Å². The monoisotopic (exact) mass is 344 g/mol. The van der Waals surface area contributed by atoms with E-state index in [2.05, 4.69) is 13.5 Å². The molecule has 1 aliphatic rings. The Morgan fingerprint density at radius 3 is 2.64 bits per heavy atom. The number of phenols is 2. The number of aryl methyl sites for hydroxylation is 1. The van der Waals surface area contributed by atoms with E-state index in [0.717, 1.165) is 37.7 Å². The highest BCUT2D eigenvalue weighted by molar-refractivity contribution is 5.94. The van der Waals surface area contributed by atoms with Gasteiger partial charge in [0.05, 0.1) is 0 Å². The second kappa shape index (κ2) is 8.24. The van der Waals surface area contributed by atoms with Gasteiger partial charge in [0.2, 0.25) is 0 Å². The zero-order valence-electron chi connectivity index (χ0n) is 15.1. The first-order valence-electron chi connectivity index (χ1n) is 9.01. The van der Waals surface area contributed by atoms with E-state index in [4.69, 9.17) is 0 Å². The first kappa shape index (κ1) is 19.1. The summed E-state index contributed by atoms with van der Waals surface area (Å²) in [6, 6.07) is 1.52. The maximum Gasteiger partial charge on any atom is 0.339 e. The van der Waals surface area contributed by atoms with E-state index in [1.807, 2.05) is 19.1 Å². The van der Waals surface area contributed by atoms with E-state index in [1.165, 1.54) is 6.07 Å². The molecule has 1 unspecified atom stereocenters. The largest absolute Gasteiger partial charge is 0.507 e. The summed E-state index contributed by atoms with van der Waals surface area (Å²) in [6.07, 6.45) is 9.09. The third-order valence-electron chi connectivity index (χ3n) is 5.05. The van der Waals surface area contributed by atoms with Crippen LogP contribution < -0.4 is 0 Å². The number of carbonyl (C=O) groups is 1. The van der Waals surface area contributed by atoms with Crippen molar-refractivity contribution in [2.24, 2.45) is 5.92 Å². The lowest BCUT2D eigenvalue weighted by Gasteiger charge is -2.30. The summed E-state index contributed by atoms with van der Waals surface area (Å²) in [5, 5.41) is 30.9. The topological polar surface area (TPSA) is 77.8 Å². The van der Waals surface area contributed by atoms with Crippen molar-refractivity contribution in [2.75, 3.05) is 0 Å². The average Bonchev–Trinajstić information content (AvgIpc) is 2.54. The Kier molecular flexibility index (Phi) is 6.29. The van der Waals surface area contributed by atoms with E-state index in [9.17, 15) is 20.1 Å². The minimum Gasteiger partial charge on any atom is -0.507 e. The van der Waals surface area contributed by atoms with Gasteiger partial charge in [-0.05, 0) is 50.2 Å². The Hall–Kier alpha value is -2.23. The third-order valence-corrected chi connectivity index (χ3v) is 5.05. The number of carboxylic acids is 1. The highest BCUT2D eigenvalue weighted by atomic mass is 16.4. The van der Waals surface area contributed by atoms with Gasteiger partial charge in [0.1, 0.15) is 17.1 Å². The number of aromatic hydroxyl groups is 2. The molecule has 2 rings (SSSR count). The van der Waals surface area contributed by atoms with Gasteiger partial charge in [-0.15, -0.1) is 0 Å². The van der Waals surface area contributed by atoms with Crippen molar-refractivity contribution in [2.45, 2.75) is 58.3 Å². The molecule has 3 N–H and O–H groups in total. The number of benzene rings is 1. The van der Waals surface area contributed by atoms with Gasteiger partial charge in [-0.2, -0.15) is 0 Å². The van der Waals surface area contributed by atoms with E-state index in [1.54, 1.807) is 0 Å². The summed E-state index contributed by atoms with van der Waals surface area (Å²) in [4.78, 5) is 11.8. The fourth-order valence-electron chi connectivity index (χ4n) is 3.74. The van der Waals surface area contributed by atoms with Crippen molar-refractivity contribution < 1.29 is 20.1 Å². The fraction of sp³-hybridized carbons (Fsp3) is 0.476. The van der Waals surface area contributed by atoms with Crippen LogP contribution in [0, 0.1) is 5.92 Å². The maximum atomic E-state index is 11.8. The van der Waals surface area contributed by atoms with Crippen LogP contribution in [0.25, 0.3) is 0 Å². The smallest absolute Gasteiger partial charge is 0.339 e. The highest BCUT2D eigenvalue weighted by Crippen LogP contribution is 2.46. The quantitative estimate of drug-likeness (QED) is 0.472. The Balaban J connectivity index is 2.53. The summed E-state index contributed by atoms with van der Waals surface area (Å²) in [5.41, 5.74) is 1.69. The van der Waals surface area contributed by atoms with Gasteiger partial charge in [-0.1, -0.05) is 44.1 Å². The standard InChI is InChI=1S/C21H28O4/c1-4-5-6-9-14-12-17(22)19(20(23)18(14)21(24)25)16-11-8-7-10-15(16)13(2)3/h8,11-12,15-16,22-23H,2,4-7,9-10H2,1,3H3,(H,24,25)/t15?,16-/m1/s1. The Bertz CT molecular complexity index is 688. The van der Waals surface area contributed by atoms with Gasteiger partial charge in [-0.3, -0.25) is 0 Å². The molecule has 0 saturated heterocycles. The normalized spacial score (nSPS) is 19.8. The van der Waals surface area contributed by atoms with Crippen LogP contribution in [-0.4, -0.2) is 21.3 Å². The molecule has 136 valence electrons. The van der Waals surface area contributed by atoms with Crippen LogP contribution >= 0.6 is 0 Å². The summed E-state index contributed by atoms with van der Waals surface area (Å²) in [5.74, 6) is -1.67. The molecular formula is C21H28O4. The molecule has 0 amide bonds. The number of rotatable bonds is 7. The second-order valence-electron chi connectivity index (χ2n) is 6.94. The van der Waals surface area contributed by atoms with Crippen molar-refractivity contribution in [3.05, 3.63) is 47.1 Å². The zero-order chi connectivity index (χ0) is 18.6. The lowest BCUT2D eigenvalue weighted by molar-refractivity contribution is 0.0692. The predicted octanol–water partition coefficient (Wildman–Crippen LogP) is 5.15. The van der Waals surface area contributed by atoms with Crippen LogP contribution in [0.2, 0.25) is 0 Å². The Morgan fingerprint density at radius 1 is 1.32 bits per heavy atom. The second-order valence-corrected chi connectivity index (χ2v) is 6.94. The van der Waals surface area contributed by atoms with Crippen LogP contribution in [0.15, 0.2) is 30.4 Å². The van der Waals surface area contributed by atoms with Crippen LogP contribution in [0.5, 0.6) is 11.5 Å². The van der Waals surface area contributed by atoms with Crippen LogP contribution in [0.1, 0.15) is 73.4 Å². The zero-order valence-corrected chi connectivity index (χ0v) is 15.1. The minimum atomic E-state index is -1.16. The summed E-state index contributed by atoms with van der Waals surface area (Å²) < 4.78 is 0. The molecule has 25 heavy (non-hydrogen) atoms. The SMILES string of the molecule is C=C(C)C1CCC=C[C@H]1c1c(O)cc(CCCCC)c(C(=O)O)c1O. The molecule has 2 atom stereocenters. The molecular weight excluding hydrogens is 316 g/mol. The highest BCUT2D eigenvalue weighted by Gasteiger charge is 2.31. The molecule has 0 bridgehead atoms. The number of allylic oxidation sites excluding steroid dienone is 3. The fourth-order valence-corrected chi connectivity index (χ4v) is 3.74. The van der Waals surface area contributed by atoms with E-state index >= 15 is 0 Å². The van der Waals surface area contributed by atoms with Gasteiger partial charge < -0.3 is 15.3 Å². The molecule has 0 fully saturated rings. The molecule has 0 saturated carbocycles. The molecule has 0 spiro atoms. The van der Waals surface area contributed by atoms with Gasteiger partial charge >= 0.3 is 5.97 Å². The van der Waals surface area contributed by atoms with Crippen molar-refractivity contribution >= 4 is 5.97 Å². The lowest BCUT2D eigenvalue weighted by Crippen LogP contribution is -2.17. The Morgan fingerprint density at radius 2 is 2.04 bits per heavy atom. The molecule has 0 aliphatic heterocycles. The summed E-state index contributed by atoms with van der Waals surface area (Å²) in [7, 11) is 0. The first-order chi connectivity index (χ1) is 11.9. The minimum absolute atomic E-state index is 0.0307.